The number of carbonyl (C=O) groups excluding carboxylic acids is 1. The summed E-state index contributed by atoms with van der Waals surface area (Å²) in [5.41, 5.74) is 5.41. The number of benzene rings is 2. The molecule has 1 amide bonds. The van der Waals surface area contributed by atoms with Gasteiger partial charge in [0.1, 0.15) is 0 Å². The van der Waals surface area contributed by atoms with Crippen molar-refractivity contribution >= 4 is 35.0 Å². The Bertz CT molecular complexity index is 1070. The fourth-order valence-corrected chi connectivity index (χ4v) is 3.75. The number of alkyl halides is 3. The summed E-state index contributed by atoms with van der Waals surface area (Å²) in [6.45, 7) is 6.25. The average Bonchev–Trinajstić information content (AvgIpc) is 2.66. The molecular weight excluding hydrogens is 427 g/mol. The summed E-state index contributed by atoms with van der Waals surface area (Å²) >= 11 is 6.42. The minimum absolute atomic E-state index is 0.145. The van der Waals surface area contributed by atoms with E-state index in [-0.39, 0.29) is 17.5 Å². The normalized spacial score (nSPS) is 15.6. The van der Waals surface area contributed by atoms with Crippen molar-refractivity contribution in [1.29, 1.82) is 0 Å². The van der Waals surface area contributed by atoms with Crippen molar-refractivity contribution in [2.45, 2.75) is 38.9 Å². The van der Waals surface area contributed by atoms with Crippen LogP contribution < -0.4 is 10.3 Å². The van der Waals surface area contributed by atoms with E-state index < -0.39 is 17.6 Å². The van der Waals surface area contributed by atoms with Gasteiger partial charge in [0.2, 0.25) is 5.91 Å². The molecule has 1 aliphatic heterocycles. The van der Waals surface area contributed by atoms with Gasteiger partial charge in [-0.25, -0.2) is 5.43 Å². The van der Waals surface area contributed by atoms with Gasteiger partial charge in [-0.05, 0) is 50.1 Å². The topological polar surface area (TPSA) is 44.7 Å². The molecule has 1 N–H and O–H groups in total. The Hall–Kier alpha value is -2.80. The number of allylic oxidation sites excluding steroid dienone is 1. The van der Waals surface area contributed by atoms with Crippen molar-refractivity contribution < 1.29 is 18.0 Å². The van der Waals surface area contributed by atoms with Crippen molar-refractivity contribution in [1.82, 2.24) is 5.43 Å². The molecular formula is C23H23ClF3N3O. The van der Waals surface area contributed by atoms with E-state index in [9.17, 15) is 18.0 Å². The summed E-state index contributed by atoms with van der Waals surface area (Å²) < 4.78 is 38.4. The SMILES string of the molecule is CC1=CC(C)(C)N(C)c2cc(Cl)c(/C=N/NC(=O)Cc3cccc(C(F)(F)F)c3)cc21. The quantitative estimate of drug-likeness (QED) is 0.482. The van der Waals surface area contributed by atoms with E-state index in [0.29, 0.717) is 10.6 Å². The second kappa shape index (κ2) is 8.38. The molecule has 0 unspecified atom stereocenters. The lowest BCUT2D eigenvalue weighted by atomic mass is 9.88. The van der Waals surface area contributed by atoms with E-state index in [1.165, 1.54) is 18.3 Å². The minimum Gasteiger partial charge on any atom is -0.365 e. The number of hydrazone groups is 1. The first-order chi connectivity index (χ1) is 14.4. The van der Waals surface area contributed by atoms with Crippen LogP contribution >= 0.6 is 11.6 Å². The molecule has 0 fully saturated rings. The van der Waals surface area contributed by atoms with Crippen LogP contribution in [0.25, 0.3) is 5.57 Å². The number of amides is 1. The zero-order valence-corrected chi connectivity index (χ0v) is 18.4. The van der Waals surface area contributed by atoms with Crippen molar-refractivity contribution in [3.05, 3.63) is 69.8 Å². The Balaban J connectivity index is 1.72. The number of carbonyl (C=O) groups is 1. The lowest BCUT2D eigenvalue weighted by Crippen LogP contribution is -2.42. The predicted molar refractivity (Wildman–Crippen MR) is 118 cm³/mol. The second-order valence-electron chi connectivity index (χ2n) is 8.10. The van der Waals surface area contributed by atoms with Crippen LogP contribution in [-0.2, 0) is 17.4 Å². The molecule has 1 heterocycles. The summed E-state index contributed by atoms with van der Waals surface area (Å²) in [6.07, 6.45) is -1.08. The highest BCUT2D eigenvalue weighted by Crippen LogP contribution is 2.40. The standard InChI is InChI=1S/C23H23ClF3N3O/c1-14-12-22(2,3)30(4)20-11-19(24)16(10-18(14)20)13-28-29-21(31)9-15-6-5-7-17(8-15)23(25,26)27/h5-8,10-13H,9H2,1-4H3,(H,29,31)/b28-13+. The van der Waals surface area contributed by atoms with Crippen LogP contribution in [-0.4, -0.2) is 24.7 Å². The number of nitrogens with one attached hydrogen (secondary N) is 1. The summed E-state index contributed by atoms with van der Waals surface area (Å²) in [4.78, 5) is 14.2. The molecule has 0 radical (unpaired) electrons. The van der Waals surface area contributed by atoms with Gasteiger partial charge in [-0.3, -0.25) is 4.79 Å². The summed E-state index contributed by atoms with van der Waals surface area (Å²) in [7, 11) is 2.00. The first kappa shape index (κ1) is 22.9. The number of nitrogens with zero attached hydrogens (tertiary/aromatic N) is 2. The van der Waals surface area contributed by atoms with E-state index >= 15 is 0 Å². The maximum atomic E-state index is 12.8. The summed E-state index contributed by atoms with van der Waals surface area (Å²) in [5.74, 6) is -0.526. The van der Waals surface area contributed by atoms with E-state index in [1.807, 2.05) is 26.1 Å². The zero-order chi connectivity index (χ0) is 23.0. The number of likely N-dealkylation sites (N-methyl/N-ethyl adjacent to an activating group) is 1. The molecule has 31 heavy (non-hydrogen) atoms. The van der Waals surface area contributed by atoms with Gasteiger partial charge in [0.25, 0.3) is 0 Å². The number of hydrogen-bond donors (Lipinski definition) is 1. The van der Waals surface area contributed by atoms with Crippen LogP contribution in [0, 0.1) is 0 Å². The van der Waals surface area contributed by atoms with Crippen LogP contribution in [0.2, 0.25) is 5.02 Å². The van der Waals surface area contributed by atoms with Crippen molar-refractivity contribution in [3.63, 3.8) is 0 Å². The van der Waals surface area contributed by atoms with Gasteiger partial charge in [0, 0.05) is 23.9 Å². The molecule has 0 aliphatic carbocycles. The van der Waals surface area contributed by atoms with E-state index in [2.05, 4.69) is 35.4 Å². The van der Waals surface area contributed by atoms with Gasteiger partial charge in [0.15, 0.2) is 0 Å². The smallest absolute Gasteiger partial charge is 0.365 e. The van der Waals surface area contributed by atoms with Gasteiger partial charge in [-0.1, -0.05) is 35.9 Å². The van der Waals surface area contributed by atoms with Crippen molar-refractivity contribution in [3.8, 4) is 0 Å². The molecule has 1 aliphatic rings. The first-order valence-corrected chi connectivity index (χ1v) is 10.0. The molecule has 0 saturated carbocycles. The highest BCUT2D eigenvalue weighted by Gasteiger charge is 2.30. The van der Waals surface area contributed by atoms with Crippen LogP contribution in [0.3, 0.4) is 0 Å². The van der Waals surface area contributed by atoms with E-state index in [0.717, 1.165) is 29.0 Å². The molecule has 164 valence electrons. The third-order valence-corrected chi connectivity index (χ3v) is 5.67. The summed E-state index contributed by atoms with van der Waals surface area (Å²) in [6, 6.07) is 8.42. The largest absolute Gasteiger partial charge is 0.416 e. The van der Waals surface area contributed by atoms with E-state index in [4.69, 9.17) is 11.6 Å². The number of anilines is 1. The predicted octanol–water partition coefficient (Wildman–Crippen LogP) is 5.68. The highest BCUT2D eigenvalue weighted by molar-refractivity contribution is 6.33. The van der Waals surface area contributed by atoms with Gasteiger partial charge in [-0.15, -0.1) is 0 Å². The molecule has 0 bridgehead atoms. The molecule has 4 nitrogen and oxygen atoms in total. The third-order valence-electron chi connectivity index (χ3n) is 5.35. The molecule has 2 aromatic rings. The zero-order valence-electron chi connectivity index (χ0n) is 17.6. The van der Waals surface area contributed by atoms with Crippen LogP contribution in [0.1, 0.15) is 43.0 Å². The van der Waals surface area contributed by atoms with Gasteiger partial charge < -0.3 is 4.90 Å². The molecule has 3 rings (SSSR count). The first-order valence-electron chi connectivity index (χ1n) is 9.64. The monoisotopic (exact) mass is 449 g/mol. The highest BCUT2D eigenvalue weighted by atomic mass is 35.5. The molecule has 0 spiro atoms. The number of rotatable bonds is 4. The van der Waals surface area contributed by atoms with Gasteiger partial charge >= 0.3 is 6.18 Å². The minimum atomic E-state index is -4.45. The fraction of sp³-hybridized carbons (Fsp3) is 0.304. The van der Waals surface area contributed by atoms with Crippen molar-refractivity contribution in [2.24, 2.45) is 5.10 Å². The molecule has 8 heteroatoms. The van der Waals surface area contributed by atoms with Crippen LogP contribution in [0.5, 0.6) is 0 Å². The molecule has 0 atom stereocenters. The van der Waals surface area contributed by atoms with Crippen LogP contribution in [0.4, 0.5) is 18.9 Å². The fourth-order valence-electron chi connectivity index (χ4n) is 3.54. The van der Waals surface area contributed by atoms with E-state index in [1.54, 1.807) is 0 Å². The Labute approximate surface area is 184 Å². The third kappa shape index (κ3) is 5.10. The number of hydrogen-bond acceptors (Lipinski definition) is 3. The number of fused-ring (bicyclic) bond motifs is 1. The molecule has 2 aromatic carbocycles. The van der Waals surface area contributed by atoms with Gasteiger partial charge in [0.05, 0.1) is 28.8 Å². The molecule has 0 saturated heterocycles. The maximum absolute atomic E-state index is 12.8. The Morgan fingerprint density at radius 1 is 1.26 bits per heavy atom. The lowest BCUT2D eigenvalue weighted by Gasteiger charge is -2.40. The average molecular weight is 450 g/mol. The van der Waals surface area contributed by atoms with Crippen LogP contribution in [0.15, 0.2) is 47.6 Å². The van der Waals surface area contributed by atoms with Crippen molar-refractivity contribution in [2.75, 3.05) is 11.9 Å². The maximum Gasteiger partial charge on any atom is 0.416 e. The Morgan fingerprint density at radius 3 is 2.65 bits per heavy atom. The molecule has 0 aromatic heterocycles. The lowest BCUT2D eigenvalue weighted by molar-refractivity contribution is -0.137. The Morgan fingerprint density at radius 2 is 1.97 bits per heavy atom. The second-order valence-corrected chi connectivity index (χ2v) is 8.51. The number of halogens is 4. The Kier molecular flexibility index (Phi) is 6.18. The summed E-state index contributed by atoms with van der Waals surface area (Å²) in [5, 5.41) is 4.41. The van der Waals surface area contributed by atoms with Gasteiger partial charge in [-0.2, -0.15) is 18.3 Å².